The van der Waals surface area contributed by atoms with Crippen LogP contribution in [0.4, 0.5) is 5.69 Å². The van der Waals surface area contributed by atoms with Crippen molar-refractivity contribution >= 4 is 17.4 Å². The summed E-state index contributed by atoms with van der Waals surface area (Å²) in [5.41, 5.74) is 6.41. The highest BCUT2D eigenvalue weighted by Crippen LogP contribution is 2.29. The van der Waals surface area contributed by atoms with Crippen LogP contribution in [0.3, 0.4) is 0 Å². The van der Waals surface area contributed by atoms with E-state index in [1.54, 1.807) is 13.2 Å². The summed E-state index contributed by atoms with van der Waals surface area (Å²) in [7, 11) is 1.63. The molecule has 4 heteroatoms. The van der Waals surface area contributed by atoms with Gasteiger partial charge in [-0.25, -0.2) is 0 Å². The van der Waals surface area contributed by atoms with Gasteiger partial charge in [0.1, 0.15) is 0 Å². The molecule has 0 aliphatic heterocycles. The van der Waals surface area contributed by atoms with Gasteiger partial charge in [0.05, 0.1) is 13.7 Å². The van der Waals surface area contributed by atoms with Crippen molar-refractivity contribution in [3.05, 3.63) is 48.5 Å². The molecule has 3 nitrogen and oxygen atoms in total. The molecule has 0 atom stereocenters. The van der Waals surface area contributed by atoms with E-state index in [9.17, 15) is 0 Å². The molecule has 0 bridgehead atoms. The van der Waals surface area contributed by atoms with E-state index in [1.165, 1.54) is 11.3 Å². The third-order valence-corrected chi connectivity index (χ3v) is 4.34. The lowest BCUT2D eigenvalue weighted by atomic mass is 10.2. The minimum Gasteiger partial charge on any atom is -0.493 e. The number of benzene rings is 2. The fourth-order valence-corrected chi connectivity index (χ4v) is 3.01. The fourth-order valence-electron chi connectivity index (χ4n) is 2.07. The molecule has 0 heterocycles. The molecule has 0 saturated heterocycles. The number of nitrogens with two attached hydrogens (primary N) is 1. The minimum absolute atomic E-state index is 0.683. The second-order valence-corrected chi connectivity index (χ2v) is 6.15. The average molecular weight is 317 g/mol. The Morgan fingerprint density at radius 3 is 2.55 bits per heavy atom. The normalized spacial score (nSPS) is 10.4. The summed E-state index contributed by atoms with van der Waals surface area (Å²) in [5, 5.41) is 0. The van der Waals surface area contributed by atoms with Crippen LogP contribution in [-0.2, 0) is 0 Å². The predicted molar refractivity (Wildman–Crippen MR) is 93.9 cm³/mol. The van der Waals surface area contributed by atoms with E-state index in [2.05, 4.69) is 24.3 Å². The maximum Gasteiger partial charge on any atom is 0.162 e. The van der Waals surface area contributed by atoms with E-state index in [1.807, 2.05) is 30.0 Å². The second-order valence-electron chi connectivity index (χ2n) is 4.98. The third kappa shape index (κ3) is 5.53. The van der Waals surface area contributed by atoms with Crippen LogP contribution in [0.1, 0.15) is 19.3 Å². The Morgan fingerprint density at radius 1 is 0.955 bits per heavy atom. The monoisotopic (exact) mass is 317 g/mol. The van der Waals surface area contributed by atoms with Crippen molar-refractivity contribution in [3.8, 4) is 11.5 Å². The fraction of sp³-hybridized carbons (Fsp3) is 0.333. The number of methoxy groups -OCH3 is 1. The molecule has 2 rings (SSSR count). The van der Waals surface area contributed by atoms with Gasteiger partial charge in [0, 0.05) is 16.6 Å². The van der Waals surface area contributed by atoms with E-state index in [0.717, 1.165) is 24.3 Å². The van der Waals surface area contributed by atoms with Gasteiger partial charge < -0.3 is 15.2 Å². The summed E-state index contributed by atoms with van der Waals surface area (Å²) >= 11 is 1.91. The molecule has 0 unspecified atom stereocenters. The summed E-state index contributed by atoms with van der Waals surface area (Å²) in [5.74, 6) is 2.60. The Hall–Kier alpha value is -1.81. The summed E-state index contributed by atoms with van der Waals surface area (Å²) in [6, 6.07) is 16.0. The number of nitrogen functional groups attached to an aromatic ring is 1. The van der Waals surface area contributed by atoms with Gasteiger partial charge in [-0.3, -0.25) is 0 Å². The zero-order valence-electron chi connectivity index (χ0n) is 13.0. The van der Waals surface area contributed by atoms with Crippen molar-refractivity contribution in [3.63, 3.8) is 0 Å². The zero-order chi connectivity index (χ0) is 15.6. The molecule has 118 valence electrons. The molecule has 0 radical (unpaired) electrons. The van der Waals surface area contributed by atoms with E-state index in [4.69, 9.17) is 15.2 Å². The SMILES string of the molecule is COc1cc(N)ccc1OCCCCCSc1ccccc1. The first-order chi connectivity index (χ1) is 10.8. The molecule has 0 aromatic heterocycles. The smallest absolute Gasteiger partial charge is 0.162 e. The number of hydrogen-bond acceptors (Lipinski definition) is 4. The van der Waals surface area contributed by atoms with E-state index >= 15 is 0 Å². The van der Waals surface area contributed by atoms with E-state index < -0.39 is 0 Å². The number of unbranched alkanes of at least 4 members (excludes halogenated alkanes) is 2. The summed E-state index contributed by atoms with van der Waals surface area (Å²) in [6.07, 6.45) is 3.40. The quantitative estimate of drug-likeness (QED) is 0.416. The van der Waals surface area contributed by atoms with Crippen molar-refractivity contribution in [2.75, 3.05) is 25.2 Å². The number of rotatable bonds is 9. The first kappa shape index (κ1) is 16.6. The van der Waals surface area contributed by atoms with Crippen LogP contribution in [0.2, 0.25) is 0 Å². The van der Waals surface area contributed by atoms with Gasteiger partial charge in [0.2, 0.25) is 0 Å². The molecule has 0 fully saturated rings. The maximum atomic E-state index is 5.76. The van der Waals surface area contributed by atoms with Crippen LogP contribution < -0.4 is 15.2 Å². The number of thioether (sulfide) groups is 1. The van der Waals surface area contributed by atoms with Crippen LogP contribution in [0.5, 0.6) is 11.5 Å². The molecule has 0 aliphatic rings. The molecule has 0 aliphatic carbocycles. The lowest BCUT2D eigenvalue weighted by molar-refractivity contribution is 0.286. The molecule has 2 aromatic rings. The highest BCUT2D eigenvalue weighted by molar-refractivity contribution is 7.99. The molecule has 0 spiro atoms. The van der Waals surface area contributed by atoms with Gasteiger partial charge >= 0.3 is 0 Å². The second kappa shape index (κ2) is 9.26. The van der Waals surface area contributed by atoms with Crippen molar-refractivity contribution in [2.45, 2.75) is 24.2 Å². The summed E-state index contributed by atoms with van der Waals surface area (Å²) in [6.45, 7) is 0.705. The van der Waals surface area contributed by atoms with Gasteiger partial charge in [-0.05, 0) is 49.3 Å². The first-order valence-electron chi connectivity index (χ1n) is 7.54. The van der Waals surface area contributed by atoms with Gasteiger partial charge in [0.15, 0.2) is 11.5 Å². The van der Waals surface area contributed by atoms with Crippen LogP contribution in [-0.4, -0.2) is 19.5 Å². The van der Waals surface area contributed by atoms with E-state index in [-0.39, 0.29) is 0 Å². The first-order valence-corrected chi connectivity index (χ1v) is 8.52. The zero-order valence-corrected chi connectivity index (χ0v) is 13.8. The van der Waals surface area contributed by atoms with Crippen molar-refractivity contribution in [2.24, 2.45) is 0 Å². The Bertz CT molecular complexity index is 560. The minimum atomic E-state index is 0.683. The average Bonchev–Trinajstić information content (AvgIpc) is 2.56. The lowest BCUT2D eigenvalue weighted by Gasteiger charge is -2.11. The Morgan fingerprint density at radius 2 is 1.77 bits per heavy atom. The molecule has 2 aromatic carbocycles. The molecule has 2 N–H and O–H groups in total. The van der Waals surface area contributed by atoms with Gasteiger partial charge in [-0.15, -0.1) is 11.8 Å². The molecular weight excluding hydrogens is 294 g/mol. The standard InChI is InChI=1S/C18H23NO2S/c1-20-18-14-15(19)10-11-17(18)21-12-6-3-7-13-22-16-8-4-2-5-9-16/h2,4-5,8-11,14H,3,6-7,12-13,19H2,1H3. The maximum absolute atomic E-state index is 5.76. The third-order valence-electron chi connectivity index (χ3n) is 3.25. The van der Waals surface area contributed by atoms with Crippen LogP contribution >= 0.6 is 11.8 Å². The topological polar surface area (TPSA) is 44.5 Å². The lowest BCUT2D eigenvalue weighted by Crippen LogP contribution is -2.00. The molecule has 0 saturated carbocycles. The van der Waals surface area contributed by atoms with Gasteiger partial charge in [-0.1, -0.05) is 18.2 Å². The van der Waals surface area contributed by atoms with Gasteiger partial charge in [-0.2, -0.15) is 0 Å². The van der Waals surface area contributed by atoms with Crippen LogP contribution in [0.15, 0.2) is 53.4 Å². The van der Waals surface area contributed by atoms with Crippen molar-refractivity contribution in [1.29, 1.82) is 0 Å². The number of anilines is 1. The highest BCUT2D eigenvalue weighted by Gasteiger charge is 2.04. The largest absolute Gasteiger partial charge is 0.493 e. The van der Waals surface area contributed by atoms with Crippen molar-refractivity contribution < 1.29 is 9.47 Å². The highest BCUT2D eigenvalue weighted by atomic mass is 32.2. The Balaban J connectivity index is 1.59. The molecular formula is C18H23NO2S. The molecule has 22 heavy (non-hydrogen) atoms. The Kier molecular flexibility index (Phi) is 6.97. The van der Waals surface area contributed by atoms with E-state index in [0.29, 0.717) is 18.0 Å². The van der Waals surface area contributed by atoms with Gasteiger partial charge in [0.25, 0.3) is 0 Å². The summed E-state index contributed by atoms with van der Waals surface area (Å²) in [4.78, 5) is 1.34. The Labute approximate surface area is 136 Å². The summed E-state index contributed by atoms with van der Waals surface area (Å²) < 4.78 is 11.0. The van der Waals surface area contributed by atoms with Crippen molar-refractivity contribution in [1.82, 2.24) is 0 Å². The number of ether oxygens (including phenoxy) is 2. The van der Waals surface area contributed by atoms with Crippen LogP contribution in [0.25, 0.3) is 0 Å². The number of hydrogen-bond donors (Lipinski definition) is 1. The van der Waals surface area contributed by atoms with Crippen LogP contribution in [0, 0.1) is 0 Å². The molecule has 0 amide bonds. The predicted octanol–water partition coefficient (Wildman–Crippen LogP) is 4.62.